The smallest absolute Gasteiger partial charge is 0.204 e. The molecule has 6 heteroatoms. The van der Waals surface area contributed by atoms with Crippen LogP contribution in [0.25, 0.3) is 11.0 Å². The first-order valence-corrected chi connectivity index (χ1v) is 9.21. The van der Waals surface area contributed by atoms with E-state index in [1.807, 2.05) is 18.2 Å². The average Bonchev–Trinajstić information content (AvgIpc) is 2.95. The Hall–Kier alpha value is -1.91. The lowest BCUT2D eigenvalue weighted by Crippen LogP contribution is -2.08. The number of phenolic OH excluding ortho intramolecular Hbond substituents is 1. The van der Waals surface area contributed by atoms with E-state index in [2.05, 4.69) is 27.9 Å². The van der Waals surface area contributed by atoms with Crippen molar-refractivity contribution in [2.75, 3.05) is 5.32 Å². The van der Waals surface area contributed by atoms with Gasteiger partial charge in [-0.1, -0.05) is 55.1 Å². The summed E-state index contributed by atoms with van der Waals surface area (Å²) < 4.78 is 2.19. The summed E-state index contributed by atoms with van der Waals surface area (Å²) in [7, 11) is 0. The molecule has 2 aromatic carbocycles. The molecule has 1 heterocycles. The third kappa shape index (κ3) is 4.02. The molecule has 3 rings (SSSR count). The molecule has 0 aliphatic carbocycles. The molecule has 0 radical (unpaired) electrons. The van der Waals surface area contributed by atoms with Gasteiger partial charge in [0.2, 0.25) is 5.95 Å². The van der Waals surface area contributed by atoms with Gasteiger partial charge in [0, 0.05) is 23.7 Å². The molecule has 0 fully saturated rings. The van der Waals surface area contributed by atoms with Crippen LogP contribution in [0.15, 0.2) is 36.4 Å². The molecule has 1 aromatic heterocycles. The summed E-state index contributed by atoms with van der Waals surface area (Å²) in [5.74, 6) is 0.833. The zero-order valence-electron chi connectivity index (χ0n) is 14.1. The highest BCUT2D eigenvalue weighted by atomic mass is 35.5. The highest BCUT2D eigenvalue weighted by Crippen LogP contribution is 2.32. The molecule has 2 N–H and O–H groups in total. The van der Waals surface area contributed by atoms with E-state index in [4.69, 9.17) is 23.2 Å². The number of unbranched alkanes of at least 4 members (excludes halogenated alkanes) is 2. The Kier molecular flexibility index (Phi) is 5.71. The van der Waals surface area contributed by atoms with Crippen molar-refractivity contribution in [3.8, 4) is 5.75 Å². The van der Waals surface area contributed by atoms with Crippen molar-refractivity contribution in [2.45, 2.75) is 39.3 Å². The van der Waals surface area contributed by atoms with Gasteiger partial charge in [-0.3, -0.25) is 0 Å². The summed E-state index contributed by atoms with van der Waals surface area (Å²) in [5, 5.41) is 14.2. The van der Waals surface area contributed by atoms with Gasteiger partial charge in [0.15, 0.2) is 0 Å². The summed E-state index contributed by atoms with van der Waals surface area (Å²) in [6, 6.07) is 11.3. The molecule has 132 valence electrons. The number of rotatable bonds is 7. The maximum absolute atomic E-state index is 10.1. The number of fused-ring (bicyclic) bond motifs is 1. The van der Waals surface area contributed by atoms with Crippen molar-refractivity contribution in [2.24, 2.45) is 0 Å². The Bertz CT molecular complexity index is 876. The lowest BCUT2D eigenvalue weighted by atomic mass is 10.2. The summed E-state index contributed by atoms with van der Waals surface area (Å²) >= 11 is 12.0. The number of hydrogen-bond donors (Lipinski definition) is 2. The van der Waals surface area contributed by atoms with E-state index in [1.54, 1.807) is 6.07 Å². The molecule has 0 saturated carbocycles. The average molecular weight is 378 g/mol. The van der Waals surface area contributed by atoms with Crippen LogP contribution in [0.1, 0.15) is 31.7 Å². The molecule has 25 heavy (non-hydrogen) atoms. The van der Waals surface area contributed by atoms with Crippen LogP contribution in [0.4, 0.5) is 5.95 Å². The minimum atomic E-state index is 0.0483. The second kappa shape index (κ2) is 7.98. The minimum absolute atomic E-state index is 0.0483. The molecule has 0 spiro atoms. The van der Waals surface area contributed by atoms with E-state index in [1.165, 1.54) is 18.9 Å². The van der Waals surface area contributed by atoms with Crippen molar-refractivity contribution in [3.05, 3.63) is 52.0 Å². The Morgan fingerprint density at radius 1 is 1.16 bits per heavy atom. The summed E-state index contributed by atoms with van der Waals surface area (Å²) in [6.45, 7) is 3.49. The fraction of sp³-hybridized carbons (Fsp3) is 0.316. The monoisotopic (exact) mass is 377 g/mol. The highest BCUT2D eigenvalue weighted by Gasteiger charge is 2.12. The number of imidazole rings is 1. The van der Waals surface area contributed by atoms with Crippen LogP contribution in [0.2, 0.25) is 10.0 Å². The third-order valence-electron chi connectivity index (χ3n) is 4.18. The predicted molar refractivity (Wildman–Crippen MR) is 105 cm³/mol. The van der Waals surface area contributed by atoms with Gasteiger partial charge in [0.05, 0.1) is 16.1 Å². The highest BCUT2D eigenvalue weighted by molar-refractivity contribution is 6.35. The fourth-order valence-electron chi connectivity index (χ4n) is 2.89. The quantitative estimate of drug-likeness (QED) is 0.507. The number of benzene rings is 2. The van der Waals surface area contributed by atoms with Gasteiger partial charge in [-0.05, 0) is 30.7 Å². The number of halogens is 2. The van der Waals surface area contributed by atoms with E-state index in [9.17, 15) is 5.11 Å². The minimum Gasteiger partial charge on any atom is -0.506 e. The number of aromatic hydroxyl groups is 1. The molecule has 0 bridgehead atoms. The van der Waals surface area contributed by atoms with E-state index >= 15 is 0 Å². The third-order valence-corrected chi connectivity index (χ3v) is 4.69. The second-order valence-electron chi connectivity index (χ2n) is 6.03. The number of para-hydroxylation sites is 2. The van der Waals surface area contributed by atoms with E-state index < -0.39 is 0 Å². The zero-order chi connectivity index (χ0) is 17.8. The van der Waals surface area contributed by atoms with Crippen LogP contribution in [-0.2, 0) is 13.1 Å². The lowest BCUT2D eigenvalue weighted by Gasteiger charge is -2.12. The fourth-order valence-corrected chi connectivity index (χ4v) is 3.42. The molecule has 0 aliphatic heterocycles. The van der Waals surface area contributed by atoms with Gasteiger partial charge < -0.3 is 15.0 Å². The molecule has 0 saturated heterocycles. The summed E-state index contributed by atoms with van der Waals surface area (Å²) in [6.07, 6.45) is 3.45. The van der Waals surface area contributed by atoms with E-state index in [-0.39, 0.29) is 10.8 Å². The van der Waals surface area contributed by atoms with Crippen molar-refractivity contribution in [1.29, 1.82) is 0 Å². The number of aryl methyl sites for hydroxylation is 1. The Morgan fingerprint density at radius 3 is 2.76 bits per heavy atom. The number of nitrogens with zero attached hydrogens (tertiary/aromatic N) is 2. The van der Waals surface area contributed by atoms with E-state index in [0.717, 1.165) is 29.9 Å². The first-order valence-electron chi connectivity index (χ1n) is 8.46. The lowest BCUT2D eigenvalue weighted by molar-refractivity contribution is 0.469. The second-order valence-corrected chi connectivity index (χ2v) is 6.88. The molecule has 4 nitrogen and oxygen atoms in total. The van der Waals surface area contributed by atoms with Crippen LogP contribution in [-0.4, -0.2) is 14.7 Å². The zero-order valence-corrected chi connectivity index (χ0v) is 15.6. The van der Waals surface area contributed by atoms with Gasteiger partial charge in [-0.15, -0.1) is 0 Å². The van der Waals surface area contributed by atoms with Crippen LogP contribution in [0.5, 0.6) is 5.75 Å². The van der Waals surface area contributed by atoms with Crippen molar-refractivity contribution < 1.29 is 5.11 Å². The van der Waals surface area contributed by atoms with Crippen LogP contribution in [0.3, 0.4) is 0 Å². The van der Waals surface area contributed by atoms with Gasteiger partial charge in [-0.25, -0.2) is 4.98 Å². The maximum atomic E-state index is 10.1. The Labute approximate surface area is 157 Å². The number of nitrogens with one attached hydrogen (secondary N) is 1. The Morgan fingerprint density at radius 2 is 1.96 bits per heavy atom. The molecule has 0 unspecified atom stereocenters. The van der Waals surface area contributed by atoms with Crippen molar-refractivity contribution >= 4 is 40.2 Å². The van der Waals surface area contributed by atoms with Crippen LogP contribution in [0, 0.1) is 0 Å². The Balaban J connectivity index is 1.86. The topological polar surface area (TPSA) is 50.1 Å². The molecular weight excluding hydrogens is 357 g/mol. The summed E-state index contributed by atoms with van der Waals surface area (Å²) in [5.41, 5.74) is 2.70. The first-order chi connectivity index (χ1) is 12.1. The summed E-state index contributed by atoms with van der Waals surface area (Å²) in [4.78, 5) is 4.69. The van der Waals surface area contributed by atoms with Gasteiger partial charge in [-0.2, -0.15) is 0 Å². The molecule has 0 amide bonds. The molecule has 3 aromatic rings. The van der Waals surface area contributed by atoms with Crippen LogP contribution < -0.4 is 5.32 Å². The maximum Gasteiger partial charge on any atom is 0.204 e. The largest absolute Gasteiger partial charge is 0.506 e. The molecular formula is C19H21Cl2N3O. The SMILES string of the molecule is CCCCCn1c(NCc2cc(Cl)cc(Cl)c2O)nc2ccccc21. The van der Waals surface area contributed by atoms with Gasteiger partial charge in [0.25, 0.3) is 0 Å². The van der Waals surface area contributed by atoms with Gasteiger partial charge >= 0.3 is 0 Å². The van der Waals surface area contributed by atoms with Crippen molar-refractivity contribution in [3.63, 3.8) is 0 Å². The first kappa shape index (κ1) is 17.9. The van der Waals surface area contributed by atoms with Crippen molar-refractivity contribution in [1.82, 2.24) is 9.55 Å². The van der Waals surface area contributed by atoms with Gasteiger partial charge in [0.1, 0.15) is 5.75 Å². The standard InChI is InChI=1S/C19H21Cl2N3O/c1-2-3-6-9-24-17-8-5-4-7-16(17)23-19(24)22-12-13-10-14(20)11-15(21)18(13)25/h4-5,7-8,10-11,25H,2-3,6,9,12H2,1H3,(H,22,23). The van der Waals surface area contributed by atoms with Crippen LogP contribution >= 0.6 is 23.2 Å². The number of phenols is 1. The van der Waals surface area contributed by atoms with E-state index in [0.29, 0.717) is 17.1 Å². The number of aromatic nitrogens is 2. The number of hydrogen-bond acceptors (Lipinski definition) is 3. The molecule has 0 aliphatic rings. The molecule has 0 atom stereocenters. The predicted octanol–water partition coefficient (Wildman–Crippen LogP) is 5.85. The normalized spacial score (nSPS) is 11.2. The number of anilines is 1.